The fraction of sp³-hybridized carbons (Fsp3) is 0.462. The van der Waals surface area contributed by atoms with E-state index in [-0.39, 0.29) is 11.2 Å². The van der Waals surface area contributed by atoms with E-state index in [1.165, 1.54) is 17.3 Å². The van der Waals surface area contributed by atoms with Gasteiger partial charge in [0.2, 0.25) is 0 Å². The van der Waals surface area contributed by atoms with Crippen molar-refractivity contribution in [2.24, 2.45) is 0 Å². The van der Waals surface area contributed by atoms with Crippen molar-refractivity contribution in [2.75, 3.05) is 13.7 Å². The fourth-order valence-corrected chi connectivity index (χ4v) is 2.27. The zero-order valence-corrected chi connectivity index (χ0v) is 11.3. The van der Waals surface area contributed by atoms with Gasteiger partial charge >= 0.3 is 5.97 Å². The second-order valence-electron chi connectivity index (χ2n) is 3.69. The predicted molar refractivity (Wildman–Crippen MR) is 71.2 cm³/mol. The molecule has 0 aliphatic rings. The molecule has 1 aromatic rings. The highest BCUT2D eigenvalue weighted by Crippen LogP contribution is 2.24. The van der Waals surface area contributed by atoms with Crippen molar-refractivity contribution in [2.45, 2.75) is 30.5 Å². The van der Waals surface area contributed by atoms with Crippen molar-refractivity contribution >= 4 is 17.7 Å². The van der Waals surface area contributed by atoms with Gasteiger partial charge in [-0.3, -0.25) is 4.79 Å². The molecule has 0 saturated heterocycles. The van der Waals surface area contributed by atoms with Crippen LogP contribution in [0.1, 0.15) is 19.4 Å². The average molecular weight is 253 g/mol. The molecule has 1 rings (SSSR count). The molecule has 0 aliphatic carbocycles. The summed E-state index contributed by atoms with van der Waals surface area (Å²) in [5.74, 6) is -0.156. The van der Waals surface area contributed by atoms with Crippen molar-refractivity contribution in [1.29, 1.82) is 0 Å². The van der Waals surface area contributed by atoms with Crippen molar-refractivity contribution in [3.8, 4) is 0 Å². The molecule has 0 radical (unpaired) electrons. The maximum Gasteiger partial charge on any atom is 0.319 e. The molecule has 94 valence electrons. The third-order valence-corrected chi connectivity index (χ3v) is 3.33. The Labute approximate surface area is 107 Å². The first kappa shape index (κ1) is 14.1. The van der Waals surface area contributed by atoms with Gasteiger partial charge in [-0.25, -0.2) is 0 Å². The van der Waals surface area contributed by atoms with Crippen LogP contribution in [0, 0.1) is 0 Å². The predicted octanol–water partition coefficient (Wildman–Crippen LogP) is 2.45. The molecule has 1 aromatic carbocycles. The lowest BCUT2D eigenvalue weighted by atomic mass is 10.2. The standard InChI is InChI=1S/C13H19NO2S/c1-4-16-13(15)10(2)17-12-7-5-11(6-8-12)9-14-3/h5-8,10,14H,4,9H2,1-3H3. The summed E-state index contributed by atoms with van der Waals surface area (Å²) >= 11 is 1.52. The SMILES string of the molecule is CCOC(=O)C(C)Sc1ccc(CNC)cc1. The summed E-state index contributed by atoms with van der Waals surface area (Å²) < 4.78 is 4.97. The van der Waals surface area contributed by atoms with E-state index >= 15 is 0 Å². The number of esters is 1. The van der Waals surface area contributed by atoms with Crippen LogP contribution < -0.4 is 5.32 Å². The first-order valence-corrected chi connectivity index (χ1v) is 6.62. The quantitative estimate of drug-likeness (QED) is 0.624. The number of hydrogen-bond donors (Lipinski definition) is 1. The van der Waals surface area contributed by atoms with Crippen LogP contribution in [0.3, 0.4) is 0 Å². The van der Waals surface area contributed by atoms with Crippen LogP contribution in [0.5, 0.6) is 0 Å². The Morgan fingerprint density at radius 3 is 2.59 bits per heavy atom. The summed E-state index contributed by atoms with van der Waals surface area (Å²) in [5, 5.41) is 2.94. The van der Waals surface area contributed by atoms with Crippen molar-refractivity contribution in [1.82, 2.24) is 5.32 Å². The van der Waals surface area contributed by atoms with Gasteiger partial charge < -0.3 is 10.1 Å². The Bertz CT molecular complexity index is 351. The third-order valence-electron chi connectivity index (χ3n) is 2.24. The van der Waals surface area contributed by atoms with Gasteiger partial charge in [-0.15, -0.1) is 11.8 Å². The molecule has 0 heterocycles. The molecule has 3 nitrogen and oxygen atoms in total. The van der Waals surface area contributed by atoms with Gasteiger partial charge in [-0.2, -0.15) is 0 Å². The smallest absolute Gasteiger partial charge is 0.319 e. The average Bonchev–Trinajstić information content (AvgIpc) is 2.32. The summed E-state index contributed by atoms with van der Waals surface area (Å²) in [5.41, 5.74) is 1.24. The highest BCUT2D eigenvalue weighted by molar-refractivity contribution is 8.00. The summed E-state index contributed by atoms with van der Waals surface area (Å²) in [4.78, 5) is 12.6. The van der Waals surface area contributed by atoms with Gasteiger partial charge in [-0.1, -0.05) is 12.1 Å². The molecule has 0 amide bonds. The van der Waals surface area contributed by atoms with Gasteiger partial charge in [0, 0.05) is 11.4 Å². The second-order valence-corrected chi connectivity index (χ2v) is 5.10. The molecular formula is C13H19NO2S. The first-order valence-electron chi connectivity index (χ1n) is 5.74. The van der Waals surface area contributed by atoms with Crippen LogP contribution in [0.15, 0.2) is 29.2 Å². The Hall–Kier alpha value is -1.00. The molecule has 0 spiro atoms. The number of carbonyl (C=O) groups excluding carboxylic acids is 1. The largest absolute Gasteiger partial charge is 0.465 e. The number of ether oxygens (including phenoxy) is 1. The Kier molecular flexibility index (Phi) is 6.08. The molecular weight excluding hydrogens is 234 g/mol. The van der Waals surface area contributed by atoms with Gasteiger partial charge in [0.1, 0.15) is 5.25 Å². The number of benzene rings is 1. The minimum atomic E-state index is -0.162. The monoisotopic (exact) mass is 253 g/mol. The van der Waals surface area contributed by atoms with E-state index in [9.17, 15) is 4.79 Å². The lowest BCUT2D eigenvalue weighted by molar-refractivity contribution is -0.142. The number of thioether (sulfide) groups is 1. The maximum atomic E-state index is 11.5. The lowest BCUT2D eigenvalue weighted by Crippen LogP contribution is -2.16. The van der Waals surface area contributed by atoms with Crippen LogP contribution in [-0.4, -0.2) is 24.9 Å². The van der Waals surface area contributed by atoms with Crippen LogP contribution in [0.25, 0.3) is 0 Å². The number of hydrogen-bond acceptors (Lipinski definition) is 4. The third kappa shape index (κ3) is 4.79. The van der Waals surface area contributed by atoms with Crippen molar-refractivity contribution < 1.29 is 9.53 Å². The highest BCUT2D eigenvalue weighted by Gasteiger charge is 2.14. The lowest BCUT2D eigenvalue weighted by Gasteiger charge is -2.10. The number of nitrogens with one attached hydrogen (secondary N) is 1. The first-order chi connectivity index (χ1) is 8.17. The van der Waals surface area contributed by atoms with E-state index < -0.39 is 0 Å². The van der Waals surface area contributed by atoms with Crippen LogP contribution in [0.4, 0.5) is 0 Å². The van der Waals surface area contributed by atoms with Crippen molar-refractivity contribution in [3.63, 3.8) is 0 Å². The Morgan fingerprint density at radius 2 is 2.06 bits per heavy atom. The molecule has 1 N–H and O–H groups in total. The molecule has 0 fully saturated rings. The minimum Gasteiger partial charge on any atom is -0.465 e. The summed E-state index contributed by atoms with van der Waals surface area (Å²) in [7, 11) is 1.92. The minimum absolute atomic E-state index is 0.156. The number of carbonyl (C=O) groups is 1. The van der Waals surface area contributed by atoms with E-state index in [1.54, 1.807) is 0 Å². The normalized spacial score (nSPS) is 12.2. The highest BCUT2D eigenvalue weighted by atomic mass is 32.2. The van der Waals surface area contributed by atoms with Gasteiger partial charge in [0.15, 0.2) is 0 Å². The van der Waals surface area contributed by atoms with Gasteiger partial charge in [0.05, 0.1) is 6.61 Å². The zero-order chi connectivity index (χ0) is 12.7. The second kappa shape index (κ2) is 7.35. The Morgan fingerprint density at radius 1 is 1.41 bits per heavy atom. The molecule has 17 heavy (non-hydrogen) atoms. The molecule has 1 unspecified atom stereocenters. The van der Waals surface area contributed by atoms with Gasteiger partial charge in [-0.05, 0) is 38.6 Å². The molecule has 0 aliphatic heterocycles. The van der Waals surface area contributed by atoms with Crippen molar-refractivity contribution in [3.05, 3.63) is 29.8 Å². The maximum absolute atomic E-state index is 11.5. The molecule has 0 saturated carbocycles. The fourth-order valence-electron chi connectivity index (χ4n) is 1.40. The van der Waals surface area contributed by atoms with Crippen LogP contribution in [-0.2, 0) is 16.1 Å². The molecule has 1 atom stereocenters. The van der Waals surface area contributed by atoms with E-state index in [4.69, 9.17) is 4.74 Å². The summed E-state index contributed by atoms with van der Waals surface area (Å²) in [6.45, 7) is 4.98. The topological polar surface area (TPSA) is 38.3 Å². The Balaban J connectivity index is 2.53. The van der Waals surface area contributed by atoms with E-state index in [1.807, 2.05) is 33.0 Å². The van der Waals surface area contributed by atoms with Crippen LogP contribution >= 0.6 is 11.8 Å². The van der Waals surface area contributed by atoms with Crippen LogP contribution in [0.2, 0.25) is 0 Å². The summed E-state index contributed by atoms with van der Waals surface area (Å²) in [6, 6.07) is 8.20. The molecule has 0 bridgehead atoms. The summed E-state index contributed by atoms with van der Waals surface area (Å²) in [6.07, 6.45) is 0. The molecule has 4 heteroatoms. The van der Waals surface area contributed by atoms with E-state index in [0.717, 1.165) is 11.4 Å². The zero-order valence-electron chi connectivity index (χ0n) is 10.5. The van der Waals surface area contributed by atoms with E-state index in [0.29, 0.717) is 6.61 Å². The van der Waals surface area contributed by atoms with Gasteiger partial charge in [0.25, 0.3) is 0 Å². The number of rotatable bonds is 6. The molecule has 0 aromatic heterocycles. The van der Waals surface area contributed by atoms with E-state index in [2.05, 4.69) is 17.4 Å².